The van der Waals surface area contributed by atoms with Crippen molar-refractivity contribution in [2.24, 2.45) is 11.8 Å². The van der Waals surface area contributed by atoms with Crippen LogP contribution in [0.4, 0.5) is 5.69 Å². The molecule has 0 saturated carbocycles. The summed E-state index contributed by atoms with van der Waals surface area (Å²) in [5, 5.41) is 0. The van der Waals surface area contributed by atoms with Gasteiger partial charge >= 0.3 is 0 Å². The highest BCUT2D eigenvalue weighted by Gasteiger charge is 2.26. The SMILES string of the molecule is CC(C)CC1CCN(C(=O)CCc2ccccc2N)C1.Cl. The van der Waals surface area contributed by atoms with Gasteiger partial charge < -0.3 is 10.6 Å². The number of aryl methyl sites for hydroxylation is 1. The molecule has 1 aliphatic rings. The monoisotopic (exact) mass is 310 g/mol. The first kappa shape index (κ1) is 17.8. The predicted molar refractivity (Wildman–Crippen MR) is 90.6 cm³/mol. The standard InChI is InChI=1S/C17H26N2O.ClH/c1-13(2)11-14-9-10-19(12-14)17(20)8-7-15-5-3-4-6-16(15)18;/h3-6,13-14H,7-12,18H2,1-2H3;1H. The van der Waals surface area contributed by atoms with Crippen LogP contribution in [0.2, 0.25) is 0 Å². The van der Waals surface area contributed by atoms with Crippen LogP contribution in [0.15, 0.2) is 24.3 Å². The molecule has 0 bridgehead atoms. The molecule has 1 unspecified atom stereocenters. The number of halogens is 1. The second kappa shape index (κ2) is 8.28. The van der Waals surface area contributed by atoms with Crippen molar-refractivity contribution in [3.05, 3.63) is 29.8 Å². The number of para-hydroxylation sites is 1. The number of nitrogens with two attached hydrogens (primary N) is 1. The highest BCUT2D eigenvalue weighted by atomic mass is 35.5. The number of hydrogen-bond acceptors (Lipinski definition) is 2. The lowest BCUT2D eigenvalue weighted by Crippen LogP contribution is -2.29. The Labute approximate surface area is 134 Å². The second-order valence-corrected chi connectivity index (χ2v) is 6.32. The minimum Gasteiger partial charge on any atom is -0.399 e. The van der Waals surface area contributed by atoms with Crippen LogP contribution >= 0.6 is 12.4 Å². The summed E-state index contributed by atoms with van der Waals surface area (Å²) in [7, 11) is 0. The fraction of sp³-hybridized carbons (Fsp3) is 0.588. The number of anilines is 1. The van der Waals surface area contributed by atoms with Gasteiger partial charge in [-0.05, 0) is 42.7 Å². The van der Waals surface area contributed by atoms with Crippen LogP contribution in [-0.2, 0) is 11.2 Å². The van der Waals surface area contributed by atoms with Gasteiger partial charge in [0.1, 0.15) is 0 Å². The lowest BCUT2D eigenvalue weighted by atomic mass is 9.97. The quantitative estimate of drug-likeness (QED) is 0.846. The van der Waals surface area contributed by atoms with Crippen molar-refractivity contribution in [1.82, 2.24) is 4.90 Å². The van der Waals surface area contributed by atoms with Crippen molar-refractivity contribution in [3.8, 4) is 0 Å². The Morgan fingerprint density at radius 2 is 2.10 bits per heavy atom. The highest BCUT2D eigenvalue weighted by molar-refractivity contribution is 5.85. The van der Waals surface area contributed by atoms with E-state index >= 15 is 0 Å². The van der Waals surface area contributed by atoms with Crippen LogP contribution < -0.4 is 5.73 Å². The molecule has 1 aromatic rings. The van der Waals surface area contributed by atoms with Gasteiger partial charge in [-0.1, -0.05) is 32.0 Å². The lowest BCUT2D eigenvalue weighted by molar-refractivity contribution is -0.130. The summed E-state index contributed by atoms with van der Waals surface area (Å²) < 4.78 is 0. The van der Waals surface area contributed by atoms with Crippen LogP contribution in [-0.4, -0.2) is 23.9 Å². The Balaban J connectivity index is 0.00000220. The molecular weight excluding hydrogens is 284 g/mol. The molecule has 2 rings (SSSR count). The van der Waals surface area contributed by atoms with E-state index in [9.17, 15) is 4.79 Å². The van der Waals surface area contributed by atoms with Crippen molar-refractivity contribution in [2.45, 2.75) is 39.5 Å². The summed E-state index contributed by atoms with van der Waals surface area (Å²) in [4.78, 5) is 14.3. The van der Waals surface area contributed by atoms with E-state index in [2.05, 4.69) is 13.8 Å². The maximum absolute atomic E-state index is 12.2. The predicted octanol–water partition coefficient (Wildman–Crippen LogP) is 3.52. The van der Waals surface area contributed by atoms with Gasteiger partial charge in [0.15, 0.2) is 0 Å². The van der Waals surface area contributed by atoms with E-state index in [1.54, 1.807) is 0 Å². The van der Waals surface area contributed by atoms with Crippen molar-refractivity contribution in [1.29, 1.82) is 0 Å². The minimum absolute atomic E-state index is 0. The van der Waals surface area contributed by atoms with Crippen LogP contribution in [0.1, 0.15) is 38.7 Å². The molecule has 1 fully saturated rings. The van der Waals surface area contributed by atoms with Gasteiger partial charge in [-0.2, -0.15) is 0 Å². The molecule has 0 aliphatic carbocycles. The van der Waals surface area contributed by atoms with E-state index in [0.29, 0.717) is 12.3 Å². The maximum Gasteiger partial charge on any atom is 0.222 e. The fourth-order valence-electron chi connectivity index (χ4n) is 3.08. The molecule has 4 heteroatoms. The second-order valence-electron chi connectivity index (χ2n) is 6.32. The third-order valence-electron chi connectivity index (χ3n) is 4.11. The molecule has 1 heterocycles. The first-order chi connectivity index (χ1) is 9.56. The van der Waals surface area contributed by atoms with Gasteiger partial charge in [0.2, 0.25) is 5.91 Å². The smallest absolute Gasteiger partial charge is 0.222 e. The van der Waals surface area contributed by atoms with Gasteiger partial charge in [0.05, 0.1) is 0 Å². The van der Waals surface area contributed by atoms with Gasteiger partial charge in [0.25, 0.3) is 0 Å². The molecule has 0 radical (unpaired) electrons. The zero-order chi connectivity index (χ0) is 14.5. The van der Waals surface area contributed by atoms with E-state index < -0.39 is 0 Å². The number of rotatable bonds is 5. The highest BCUT2D eigenvalue weighted by Crippen LogP contribution is 2.24. The summed E-state index contributed by atoms with van der Waals surface area (Å²) >= 11 is 0. The van der Waals surface area contributed by atoms with E-state index in [4.69, 9.17) is 5.73 Å². The molecule has 1 aliphatic heterocycles. The van der Waals surface area contributed by atoms with Crippen LogP contribution in [0, 0.1) is 11.8 Å². The summed E-state index contributed by atoms with van der Waals surface area (Å²) in [5.74, 6) is 1.69. The number of hydrogen-bond donors (Lipinski definition) is 1. The number of nitrogens with zero attached hydrogens (tertiary/aromatic N) is 1. The normalized spacial score (nSPS) is 17.9. The van der Waals surface area contributed by atoms with Crippen molar-refractivity contribution in [3.63, 3.8) is 0 Å². The number of carbonyl (C=O) groups excluding carboxylic acids is 1. The van der Waals surface area contributed by atoms with E-state index in [1.807, 2.05) is 29.2 Å². The van der Waals surface area contributed by atoms with E-state index in [0.717, 1.165) is 43.1 Å². The summed E-state index contributed by atoms with van der Waals surface area (Å²) in [6.45, 7) is 6.38. The number of nitrogen functional groups attached to an aromatic ring is 1. The average Bonchev–Trinajstić information content (AvgIpc) is 2.85. The topological polar surface area (TPSA) is 46.3 Å². The third-order valence-corrected chi connectivity index (χ3v) is 4.11. The van der Waals surface area contributed by atoms with Gasteiger partial charge in [-0.25, -0.2) is 0 Å². The Kier molecular flexibility index (Phi) is 7.03. The summed E-state index contributed by atoms with van der Waals surface area (Å²) in [5.41, 5.74) is 7.79. The van der Waals surface area contributed by atoms with Crippen LogP contribution in [0.3, 0.4) is 0 Å². The van der Waals surface area contributed by atoms with Crippen molar-refractivity contribution < 1.29 is 4.79 Å². The van der Waals surface area contributed by atoms with E-state index in [-0.39, 0.29) is 18.3 Å². The fourth-order valence-corrected chi connectivity index (χ4v) is 3.08. The molecule has 118 valence electrons. The number of carbonyl (C=O) groups is 1. The number of amides is 1. The summed E-state index contributed by atoms with van der Waals surface area (Å²) in [6, 6.07) is 7.81. The molecular formula is C17H27ClN2O. The van der Waals surface area contributed by atoms with Crippen LogP contribution in [0.25, 0.3) is 0 Å². The molecule has 1 aromatic carbocycles. The molecule has 1 atom stereocenters. The molecule has 2 N–H and O–H groups in total. The average molecular weight is 311 g/mol. The Hall–Kier alpha value is -1.22. The number of benzene rings is 1. The molecule has 21 heavy (non-hydrogen) atoms. The van der Waals surface area contributed by atoms with Crippen molar-refractivity contribution >= 4 is 24.0 Å². The Morgan fingerprint density at radius 1 is 1.38 bits per heavy atom. The number of likely N-dealkylation sites (tertiary alicyclic amines) is 1. The van der Waals surface area contributed by atoms with Gasteiger partial charge in [-0.3, -0.25) is 4.79 Å². The third kappa shape index (κ3) is 5.24. The summed E-state index contributed by atoms with van der Waals surface area (Å²) in [6.07, 6.45) is 3.71. The Bertz CT molecular complexity index is 462. The zero-order valence-corrected chi connectivity index (χ0v) is 13.9. The molecule has 3 nitrogen and oxygen atoms in total. The molecule has 0 spiro atoms. The van der Waals surface area contributed by atoms with Gasteiger partial charge in [-0.15, -0.1) is 12.4 Å². The lowest BCUT2D eigenvalue weighted by Gasteiger charge is -2.17. The first-order valence-corrected chi connectivity index (χ1v) is 7.67. The van der Waals surface area contributed by atoms with Crippen molar-refractivity contribution in [2.75, 3.05) is 18.8 Å². The van der Waals surface area contributed by atoms with E-state index in [1.165, 1.54) is 6.42 Å². The molecule has 0 aromatic heterocycles. The largest absolute Gasteiger partial charge is 0.399 e. The zero-order valence-electron chi connectivity index (χ0n) is 13.0. The first-order valence-electron chi connectivity index (χ1n) is 7.67. The minimum atomic E-state index is 0. The Morgan fingerprint density at radius 3 is 2.76 bits per heavy atom. The van der Waals surface area contributed by atoms with Gasteiger partial charge in [0, 0.05) is 25.2 Å². The maximum atomic E-state index is 12.2. The van der Waals surface area contributed by atoms with Crippen LogP contribution in [0.5, 0.6) is 0 Å². The molecule has 1 amide bonds. The molecule has 1 saturated heterocycles.